The van der Waals surface area contributed by atoms with Crippen molar-refractivity contribution >= 4 is 26.8 Å². The molecule has 0 aliphatic rings. The van der Waals surface area contributed by atoms with E-state index in [1.54, 1.807) is 0 Å². The van der Waals surface area contributed by atoms with E-state index in [1.165, 1.54) is 11.1 Å². The molecule has 0 saturated carbocycles. The number of nitrogens with zero attached hydrogens (tertiary/aromatic N) is 1. The molecule has 0 saturated heterocycles. The summed E-state index contributed by atoms with van der Waals surface area (Å²) in [4.78, 5) is 4.40. The van der Waals surface area contributed by atoms with Crippen molar-refractivity contribution in [1.29, 1.82) is 0 Å². The Hall–Kier alpha value is -1.75. The van der Waals surface area contributed by atoms with E-state index in [0.717, 1.165) is 21.8 Å². The molecule has 0 aliphatic heterocycles. The maximum absolute atomic E-state index is 5.79. The van der Waals surface area contributed by atoms with Crippen molar-refractivity contribution in [2.45, 2.75) is 12.5 Å². The minimum absolute atomic E-state index is 0.0547. The molecule has 0 radical (unpaired) electrons. The quantitative estimate of drug-likeness (QED) is 0.561. The second kappa shape index (κ2) is 6.35. The van der Waals surface area contributed by atoms with E-state index in [2.05, 4.69) is 50.6 Å². The summed E-state index contributed by atoms with van der Waals surface area (Å²) in [7, 11) is 0. The maximum Gasteiger partial charge on any atom is 0.0705 e. The van der Waals surface area contributed by atoms with Gasteiger partial charge in [-0.25, -0.2) is 0 Å². The van der Waals surface area contributed by atoms with E-state index >= 15 is 0 Å². The van der Waals surface area contributed by atoms with Crippen LogP contribution in [0.5, 0.6) is 0 Å². The average molecular weight is 342 g/mol. The van der Waals surface area contributed by atoms with Gasteiger partial charge in [0, 0.05) is 16.1 Å². The molecular formula is C17H16BrN3. The van der Waals surface area contributed by atoms with Crippen LogP contribution in [0.15, 0.2) is 65.3 Å². The average Bonchev–Trinajstić information content (AvgIpc) is 2.54. The number of rotatable bonds is 4. The first-order valence-electron chi connectivity index (χ1n) is 6.82. The summed E-state index contributed by atoms with van der Waals surface area (Å²) in [5.41, 5.74) is 6.34. The molecule has 3 rings (SSSR count). The summed E-state index contributed by atoms with van der Waals surface area (Å²) in [6.45, 7) is 0. The molecule has 1 aromatic heterocycles. The first kappa shape index (κ1) is 14.2. The van der Waals surface area contributed by atoms with Crippen molar-refractivity contribution in [2.24, 2.45) is 5.84 Å². The van der Waals surface area contributed by atoms with Crippen LogP contribution in [0.1, 0.15) is 17.2 Å². The van der Waals surface area contributed by atoms with Gasteiger partial charge in [0.15, 0.2) is 0 Å². The topological polar surface area (TPSA) is 50.9 Å². The summed E-state index contributed by atoms with van der Waals surface area (Å²) in [6.07, 6.45) is 2.64. The number of nitrogens with one attached hydrogen (secondary N) is 1. The van der Waals surface area contributed by atoms with Gasteiger partial charge in [0.2, 0.25) is 0 Å². The number of halogens is 1. The highest BCUT2D eigenvalue weighted by molar-refractivity contribution is 9.10. The van der Waals surface area contributed by atoms with Crippen LogP contribution >= 0.6 is 15.9 Å². The monoisotopic (exact) mass is 341 g/mol. The number of hydrogen-bond acceptors (Lipinski definition) is 3. The summed E-state index contributed by atoms with van der Waals surface area (Å²) in [6, 6.07) is 18.6. The van der Waals surface area contributed by atoms with Gasteiger partial charge in [0.05, 0.1) is 11.6 Å². The highest BCUT2D eigenvalue weighted by atomic mass is 79.9. The molecule has 3 N–H and O–H groups in total. The van der Waals surface area contributed by atoms with Crippen LogP contribution in [0.2, 0.25) is 0 Å². The zero-order valence-electron chi connectivity index (χ0n) is 11.5. The minimum atomic E-state index is 0.0547. The van der Waals surface area contributed by atoms with Gasteiger partial charge in [-0.3, -0.25) is 16.3 Å². The Morgan fingerprint density at radius 1 is 1.05 bits per heavy atom. The van der Waals surface area contributed by atoms with Gasteiger partial charge in [0.1, 0.15) is 0 Å². The molecule has 3 aromatic rings. The Morgan fingerprint density at radius 2 is 1.86 bits per heavy atom. The van der Waals surface area contributed by atoms with Gasteiger partial charge in [-0.05, 0) is 41.8 Å². The molecule has 0 amide bonds. The van der Waals surface area contributed by atoms with E-state index in [-0.39, 0.29) is 6.04 Å². The number of nitrogens with two attached hydrogens (primary N) is 1. The fraction of sp³-hybridized carbons (Fsp3) is 0.118. The van der Waals surface area contributed by atoms with Gasteiger partial charge in [-0.2, -0.15) is 0 Å². The number of benzene rings is 2. The molecular weight excluding hydrogens is 326 g/mol. The second-order valence-corrected chi connectivity index (χ2v) is 5.88. The Kier molecular flexibility index (Phi) is 4.29. The van der Waals surface area contributed by atoms with E-state index < -0.39 is 0 Å². The molecule has 1 atom stereocenters. The van der Waals surface area contributed by atoms with E-state index in [9.17, 15) is 0 Å². The van der Waals surface area contributed by atoms with E-state index in [1.807, 2.05) is 36.5 Å². The molecule has 1 unspecified atom stereocenters. The van der Waals surface area contributed by atoms with Gasteiger partial charge in [0.25, 0.3) is 0 Å². The minimum Gasteiger partial charge on any atom is -0.271 e. The van der Waals surface area contributed by atoms with Crippen molar-refractivity contribution in [3.8, 4) is 0 Å². The Bertz CT molecular complexity index is 735. The predicted molar refractivity (Wildman–Crippen MR) is 89.7 cm³/mol. The van der Waals surface area contributed by atoms with Crippen LogP contribution in [-0.2, 0) is 6.42 Å². The van der Waals surface area contributed by atoms with Crippen LogP contribution in [0, 0.1) is 0 Å². The highest BCUT2D eigenvalue weighted by Crippen LogP contribution is 2.25. The summed E-state index contributed by atoms with van der Waals surface area (Å²) in [5, 5.41) is 1.14. The molecule has 0 spiro atoms. The number of aromatic nitrogens is 1. The molecule has 0 fully saturated rings. The van der Waals surface area contributed by atoms with Crippen LogP contribution < -0.4 is 11.3 Å². The van der Waals surface area contributed by atoms with Gasteiger partial charge >= 0.3 is 0 Å². The fourth-order valence-corrected chi connectivity index (χ4v) is 2.81. The molecule has 1 heterocycles. The number of pyridine rings is 1. The van der Waals surface area contributed by atoms with Crippen molar-refractivity contribution in [1.82, 2.24) is 10.4 Å². The van der Waals surface area contributed by atoms with Crippen molar-refractivity contribution < 1.29 is 0 Å². The van der Waals surface area contributed by atoms with Crippen LogP contribution in [-0.4, -0.2) is 4.98 Å². The zero-order chi connectivity index (χ0) is 14.7. The standard InChI is InChI=1S/C17H16BrN3/c18-13-8-6-12(7-9-13)11-17(21-19)15-3-1-5-16-14(15)4-2-10-20-16/h1-10,17,21H,11,19H2. The lowest BCUT2D eigenvalue weighted by molar-refractivity contribution is 0.555. The summed E-state index contributed by atoms with van der Waals surface area (Å²) < 4.78 is 1.08. The van der Waals surface area contributed by atoms with Crippen LogP contribution in [0.3, 0.4) is 0 Å². The molecule has 0 aliphatic carbocycles. The molecule has 2 aromatic carbocycles. The lowest BCUT2D eigenvalue weighted by Gasteiger charge is -2.18. The first-order valence-corrected chi connectivity index (χ1v) is 7.61. The number of fused-ring (bicyclic) bond motifs is 1. The second-order valence-electron chi connectivity index (χ2n) is 4.97. The SMILES string of the molecule is NNC(Cc1ccc(Br)cc1)c1cccc2ncccc12. The third kappa shape index (κ3) is 3.13. The molecule has 3 nitrogen and oxygen atoms in total. The van der Waals surface area contributed by atoms with Gasteiger partial charge in [-0.1, -0.05) is 46.3 Å². The van der Waals surface area contributed by atoms with Crippen LogP contribution in [0.4, 0.5) is 0 Å². The van der Waals surface area contributed by atoms with Crippen molar-refractivity contribution in [3.63, 3.8) is 0 Å². The lowest BCUT2D eigenvalue weighted by Crippen LogP contribution is -2.29. The zero-order valence-corrected chi connectivity index (χ0v) is 13.0. The third-order valence-electron chi connectivity index (χ3n) is 3.61. The van der Waals surface area contributed by atoms with Crippen molar-refractivity contribution in [3.05, 3.63) is 76.4 Å². The Labute approximate surface area is 132 Å². The smallest absolute Gasteiger partial charge is 0.0705 e. The highest BCUT2D eigenvalue weighted by Gasteiger charge is 2.13. The number of hydrazine groups is 1. The maximum atomic E-state index is 5.79. The Balaban J connectivity index is 1.96. The fourth-order valence-electron chi connectivity index (χ4n) is 2.55. The Morgan fingerprint density at radius 3 is 2.62 bits per heavy atom. The largest absolute Gasteiger partial charge is 0.271 e. The van der Waals surface area contributed by atoms with E-state index in [0.29, 0.717) is 0 Å². The molecule has 21 heavy (non-hydrogen) atoms. The first-order chi connectivity index (χ1) is 10.3. The lowest BCUT2D eigenvalue weighted by atomic mass is 9.96. The van der Waals surface area contributed by atoms with Gasteiger partial charge < -0.3 is 0 Å². The number of hydrogen-bond donors (Lipinski definition) is 2. The normalized spacial score (nSPS) is 12.5. The molecule has 4 heteroatoms. The summed E-state index contributed by atoms with van der Waals surface area (Å²) in [5.74, 6) is 5.79. The third-order valence-corrected chi connectivity index (χ3v) is 4.14. The predicted octanol–water partition coefficient (Wildman–Crippen LogP) is 3.74. The summed E-state index contributed by atoms with van der Waals surface area (Å²) >= 11 is 3.46. The van der Waals surface area contributed by atoms with Crippen LogP contribution in [0.25, 0.3) is 10.9 Å². The molecule has 0 bridgehead atoms. The van der Waals surface area contributed by atoms with E-state index in [4.69, 9.17) is 5.84 Å². The van der Waals surface area contributed by atoms with Gasteiger partial charge in [-0.15, -0.1) is 0 Å². The van der Waals surface area contributed by atoms with Crippen molar-refractivity contribution in [2.75, 3.05) is 0 Å². The molecule has 106 valence electrons.